The van der Waals surface area contributed by atoms with E-state index in [4.69, 9.17) is 4.74 Å². The zero-order valence-electron chi connectivity index (χ0n) is 14.3. The maximum absolute atomic E-state index is 11.9. The number of carbonyl (C=O) groups is 1. The Morgan fingerprint density at radius 3 is 2.10 bits per heavy atom. The summed E-state index contributed by atoms with van der Waals surface area (Å²) < 4.78 is 6.26. The Morgan fingerprint density at radius 2 is 1.71 bits per heavy atom. The Balaban J connectivity index is 0.00000400. The van der Waals surface area contributed by atoms with Gasteiger partial charge in [-0.15, -0.1) is 0 Å². The van der Waals surface area contributed by atoms with Gasteiger partial charge in [-0.05, 0) is 24.5 Å². The van der Waals surface area contributed by atoms with Gasteiger partial charge in [0.15, 0.2) is 0 Å². The van der Waals surface area contributed by atoms with Crippen LogP contribution in [-0.4, -0.2) is 46.2 Å². The molecule has 0 fully saturated rings. The standard InChI is InChI=1S/C16H27N2O2.HI/c1-11(2)15-13(18(6,7)8)9-12(3)10-14(15)20-16(19)17(4)5;/h9-11H,1-8H3;1H/q+1;/p-1. The molecule has 0 spiro atoms. The third-order valence-corrected chi connectivity index (χ3v) is 3.13. The van der Waals surface area contributed by atoms with E-state index < -0.39 is 0 Å². The van der Waals surface area contributed by atoms with Crippen LogP contribution < -0.4 is 33.2 Å². The van der Waals surface area contributed by atoms with Gasteiger partial charge in [0.05, 0.1) is 26.7 Å². The van der Waals surface area contributed by atoms with Crippen LogP contribution in [-0.2, 0) is 0 Å². The fraction of sp³-hybridized carbons (Fsp3) is 0.562. The van der Waals surface area contributed by atoms with Gasteiger partial charge in [0, 0.05) is 20.2 Å². The molecule has 1 aromatic carbocycles. The van der Waals surface area contributed by atoms with E-state index in [1.807, 2.05) is 13.0 Å². The molecule has 1 rings (SSSR count). The van der Waals surface area contributed by atoms with Crippen LogP contribution in [0, 0.1) is 6.92 Å². The fourth-order valence-corrected chi connectivity index (χ4v) is 2.15. The van der Waals surface area contributed by atoms with Crippen molar-refractivity contribution >= 4 is 11.8 Å². The molecule has 0 radical (unpaired) electrons. The van der Waals surface area contributed by atoms with Crippen molar-refractivity contribution in [3.8, 4) is 5.75 Å². The summed E-state index contributed by atoms with van der Waals surface area (Å²) in [6.07, 6.45) is -0.343. The Kier molecular flexibility index (Phi) is 7.15. The highest BCUT2D eigenvalue weighted by Crippen LogP contribution is 2.38. The maximum Gasteiger partial charge on any atom is 0.414 e. The number of nitrogens with zero attached hydrogens (tertiary/aromatic N) is 2. The molecule has 21 heavy (non-hydrogen) atoms. The first-order valence-corrected chi connectivity index (χ1v) is 6.89. The SMILES string of the molecule is Cc1cc(OC(=O)N(C)C)c(C(C)C)c([N+](C)(C)C)c1.[I-]. The summed E-state index contributed by atoms with van der Waals surface area (Å²) >= 11 is 0. The number of quaternary nitrogens is 1. The van der Waals surface area contributed by atoms with Crippen molar-refractivity contribution in [2.75, 3.05) is 35.2 Å². The highest BCUT2D eigenvalue weighted by molar-refractivity contribution is 5.72. The van der Waals surface area contributed by atoms with Crippen molar-refractivity contribution in [1.29, 1.82) is 0 Å². The van der Waals surface area contributed by atoms with Crippen LogP contribution in [0.2, 0.25) is 0 Å². The molecule has 4 nitrogen and oxygen atoms in total. The highest BCUT2D eigenvalue weighted by Gasteiger charge is 2.25. The molecule has 5 heteroatoms. The molecule has 0 saturated heterocycles. The highest BCUT2D eigenvalue weighted by atomic mass is 127. The van der Waals surface area contributed by atoms with Gasteiger partial charge in [-0.1, -0.05) is 13.8 Å². The maximum atomic E-state index is 11.9. The average Bonchev–Trinajstić information content (AvgIpc) is 2.25. The Hall–Kier alpha value is -0.820. The van der Waals surface area contributed by atoms with Gasteiger partial charge < -0.3 is 33.6 Å². The van der Waals surface area contributed by atoms with Crippen LogP contribution >= 0.6 is 0 Å². The van der Waals surface area contributed by atoms with Gasteiger partial charge >= 0.3 is 6.09 Å². The van der Waals surface area contributed by atoms with Crippen molar-refractivity contribution < 1.29 is 33.5 Å². The first kappa shape index (κ1) is 20.2. The summed E-state index contributed by atoms with van der Waals surface area (Å²) in [5.74, 6) is 0.953. The predicted molar refractivity (Wildman–Crippen MR) is 84.5 cm³/mol. The van der Waals surface area contributed by atoms with Crippen LogP contribution in [0.25, 0.3) is 0 Å². The van der Waals surface area contributed by atoms with Crippen LogP contribution in [0.4, 0.5) is 10.5 Å². The summed E-state index contributed by atoms with van der Waals surface area (Å²) in [7, 11) is 9.75. The minimum Gasteiger partial charge on any atom is -1.00 e. The molecule has 120 valence electrons. The van der Waals surface area contributed by atoms with E-state index in [2.05, 4.69) is 41.1 Å². The first-order chi connectivity index (χ1) is 9.04. The van der Waals surface area contributed by atoms with E-state index in [1.165, 1.54) is 10.6 Å². The van der Waals surface area contributed by atoms with Crippen LogP contribution in [0.1, 0.15) is 30.9 Å². The van der Waals surface area contributed by atoms with E-state index in [0.717, 1.165) is 11.1 Å². The summed E-state index contributed by atoms with van der Waals surface area (Å²) in [5.41, 5.74) is 3.37. The molecule has 0 atom stereocenters. The lowest BCUT2D eigenvalue weighted by atomic mass is 9.96. The van der Waals surface area contributed by atoms with Crippen LogP contribution in [0.15, 0.2) is 12.1 Å². The Bertz CT molecular complexity index is 506. The number of amides is 1. The van der Waals surface area contributed by atoms with Gasteiger partial charge in [-0.25, -0.2) is 4.79 Å². The number of hydrogen-bond acceptors (Lipinski definition) is 2. The van der Waals surface area contributed by atoms with Gasteiger partial charge in [-0.2, -0.15) is 0 Å². The van der Waals surface area contributed by atoms with E-state index in [1.54, 1.807) is 14.1 Å². The molecule has 0 aliphatic heterocycles. The fourth-order valence-electron chi connectivity index (χ4n) is 2.15. The lowest BCUT2D eigenvalue weighted by Gasteiger charge is -2.29. The summed E-state index contributed by atoms with van der Waals surface area (Å²) in [6.45, 7) is 6.27. The number of ether oxygens (including phenoxy) is 1. The number of aryl methyl sites for hydroxylation is 1. The molecule has 1 aromatic rings. The quantitative estimate of drug-likeness (QED) is 0.537. The van der Waals surface area contributed by atoms with Crippen molar-refractivity contribution in [2.24, 2.45) is 0 Å². The third kappa shape index (κ3) is 5.14. The van der Waals surface area contributed by atoms with E-state index >= 15 is 0 Å². The third-order valence-electron chi connectivity index (χ3n) is 3.13. The van der Waals surface area contributed by atoms with Crippen LogP contribution in [0.5, 0.6) is 5.75 Å². The molecule has 0 aliphatic carbocycles. The molecule has 0 saturated carbocycles. The summed E-state index contributed by atoms with van der Waals surface area (Å²) in [5, 5.41) is 0. The van der Waals surface area contributed by atoms with Crippen molar-refractivity contribution in [3.63, 3.8) is 0 Å². The van der Waals surface area contributed by atoms with Crippen molar-refractivity contribution in [2.45, 2.75) is 26.7 Å². The molecule has 0 N–H and O–H groups in total. The normalized spacial score (nSPS) is 11.1. The zero-order valence-corrected chi connectivity index (χ0v) is 16.5. The van der Waals surface area contributed by atoms with Crippen LogP contribution in [0.3, 0.4) is 0 Å². The van der Waals surface area contributed by atoms with Gasteiger partial charge in [0.25, 0.3) is 0 Å². The Labute approximate surface area is 145 Å². The Morgan fingerprint density at radius 1 is 1.19 bits per heavy atom. The van der Waals surface area contributed by atoms with Gasteiger partial charge in [0.2, 0.25) is 0 Å². The summed E-state index contributed by atoms with van der Waals surface area (Å²) in [6, 6.07) is 4.11. The topological polar surface area (TPSA) is 29.5 Å². The lowest BCUT2D eigenvalue weighted by Crippen LogP contribution is -3.00. The number of rotatable bonds is 3. The number of halogens is 1. The molecule has 0 unspecified atom stereocenters. The molecule has 0 heterocycles. The smallest absolute Gasteiger partial charge is 0.414 e. The molecular formula is C16H27IN2O2. The monoisotopic (exact) mass is 406 g/mol. The largest absolute Gasteiger partial charge is 1.00 e. The molecule has 0 bridgehead atoms. The lowest BCUT2D eigenvalue weighted by molar-refractivity contribution is -0.00000984. The van der Waals surface area contributed by atoms with E-state index in [-0.39, 0.29) is 36.0 Å². The number of carbonyl (C=O) groups excluding carboxylic acids is 1. The second-order valence-corrected chi connectivity index (χ2v) is 6.63. The second-order valence-electron chi connectivity index (χ2n) is 6.63. The second kappa shape index (κ2) is 7.45. The van der Waals surface area contributed by atoms with E-state index in [0.29, 0.717) is 10.2 Å². The summed E-state index contributed by atoms with van der Waals surface area (Å²) in [4.78, 5) is 13.3. The first-order valence-electron chi connectivity index (χ1n) is 6.89. The van der Waals surface area contributed by atoms with Crippen molar-refractivity contribution in [3.05, 3.63) is 23.3 Å². The zero-order chi connectivity index (χ0) is 15.7. The molecule has 0 aromatic heterocycles. The van der Waals surface area contributed by atoms with Gasteiger partial charge in [-0.3, -0.25) is 4.48 Å². The molecule has 1 amide bonds. The van der Waals surface area contributed by atoms with Gasteiger partial charge in [0.1, 0.15) is 11.4 Å². The molecule has 0 aliphatic rings. The molecular weight excluding hydrogens is 379 g/mol. The minimum atomic E-state index is -0.343. The predicted octanol–water partition coefficient (Wildman–Crippen LogP) is 0.380. The number of benzene rings is 1. The van der Waals surface area contributed by atoms with E-state index in [9.17, 15) is 4.79 Å². The number of hydrogen-bond donors (Lipinski definition) is 0. The van der Waals surface area contributed by atoms with Crippen molar-refractivity contribution in [1.82, 2.24) is 9.38 Å². The minimum absolute atomic E-state index is 0. The average molecular weight is 406 g/mol.